The summed E-state index contributed by atoms with van der Waals surface area (Å²) in [5, 5.41) is 5.09. The smallest absolute Gasteiger partial charge is 0.254 e. The molecule has 2 amide bonds. The number of hydrogen-bond acceptors (Lipinski definition) is 3. The van der Waals surface area contributed by atoms with Gasteiger partial charge in [-0.1, -0.05) is 43.3 Å². The minimum atomic E-state index is -0.197. The van der Waals surface area contributed by atoms with Crippen LogP contribution in [0.15, 0.2) is 66.7 Å². The molecule has 5 nitrogen and oxygen atoms in total. The van der Waals surface area contributed by atoms with Crippen molar-refractivity contribution in [3.05, 3.63) is 72.3 Å². The number of amides is 2. The van der Waals surface area contributed by atoms with Gasteiger partial charge in [0.1, 0.15) is 0 Å². The van der Waals surface area contributed by atoms with Crippen LogP contribution in [0.25, 0.3) is 10.8 Å². The molecule has 5 rings (SSSR count). The molecule has 2 saturated heterocycles. The first-order valence-electron chi connectivity index (χ1n) is 12.0. The van der Waals surface area contributed by atoms with E-state index in [1.54, 1.807) is 0 Å². The molecular formula is C28H31N3O2. The number of fused-ring (bicyclic) bond motifs is 1. The maximum absolute atomic E-state index is 13.3. The zero-order valence-corrected chi connectivity index (χ0v) is 19.2. The third-order valence-electron chi connectivity index (χ3n) is 7.02. The number of likely N-dealkylation sites (tertiary alicyclic amines) is 1. The van der Waals surface area contributed by atoms with Crippen LogP contribution < -0.4 is 10.2 Å². The summed E-state index contributed by atoms with van der Waals surface area (Å²) >= 11 is 0. The highest BCUT2D eigenvalue weighted by atomic mass is 16.2. The molecule has 2 unspecified atom stereocenters. The molecule has 0 spiro atoms. The van der Waals surface area contributed by atoms with Crippen LogP contribution in [0.3, 0.4) is 0 Å². The van der Waals surface area contributed by atoms with Gasteiger partial charge in [0, 0.05) is 43.1 Å². The van der Waals surface area contributed by atoms with Crippen LogP contribution in [-0.4, -0.2) is 42.9 Å². The molecule has 0 aromatic heterocycles. The van der Waals surface area contributed by atoms with E-state index in [9.17, 15) is 9.59 Å². The molecule has 2 aliphatic heterocycles. The summed E-state index contributed by atoms with van der Waals surface area (Å²) in [6.07, 6.45) is 2.86. The molecule has 1 N–H and O–H groups in total. The number of hydrogen-bond donors (Lipinski definition) is 1. The van der Waals surface area contributed by atoms with E-state index in [4.69, 9.17) is 0 Å². The molecule has 170 valence electrons. The Morgan fingerprint density at radius 2 is 1.67 bits per heavy atom. The lowest BCUT2D eigenvalue weighted by Gasteiger charge is -2.32. The first-order valence-corrected chi connectivity index (χ1v) is 12.0. The first kappa shape index (κ1) is 21.5. The molecule has 5 heteroatoms. The predicted octanol–water partition coefficient (Wildman–Crippen LogP) is 5.18. The second kappa shape index (κ2) is 9.26. The monoisotopic (exact) mass is 441 g/mol. The largest absolute Gasteiger partial charge is 0.371 e. The van der Waals surface area contributed by atoms with Crippen LogP contribution in [-0.2, 0) is 4.79 Å². The summed E-state index contributed by atoms with van der Waals surface area (Å²) in [5.74, 6) is 0.536. The van der Waals surface area contributed by atoms with Gasteiger partial charge in [-0.15, -0.1) is 0 Å². The average molecular weight is 442 g/mol. The molecule has 0 saturated carbocycles. The summed E-state index contributed by atoms with van der Waals surface area (Å²) in [6, 6.07) is 21.9. The lowest BCUT2D eigenvalue weighted by atomic mass is 9.95. The number of nitrogens with zero attached hydrogens (tertiary/aromatic N) is 2. The number of rotatable bonds is 4. The van der Waals surface area contributed by atoms with Gasteiger partial charge < -0.3 is 15.1 Å². The van der Waals surface area contributed by atoms with Crippen molar-refractivity contribution >= 4 is 34.0 Å². The SMILES string of the molecule is CC1CCN(c2ccc(NC(=O)C3CCCN(C(=O)c4cccc5ccccc45)C3)cc2)C1. The normalized spacial score (nSPS) is 20.8. The number of benzene rings is 3. The Balaban J connectivity index is 1.24. The molecule has 3 aromatic carbocycles. The minimum Gasteiger partial charge on any atom is -0.371 e. The maximum atomic E-state index is 13.3. The average Bonchev–Trinajstić information content (AvgIpc) is 3.30. The van der Waals surface area contributed by atoms with Crippen molar-refractivity contribution in [1.29, 1.82) is 0 Å². The fourth-order valence-corrected chi connectivity index (χ4v) is 5.13. The third-order valence-corrected chi connectivity index (χ3v) is 7.02. The number of nitrogens with one attached hydrogen (secondary N) is 1. The van der Waals surface area contributed by atoms with Gasteiger partial charge in [0.2, 0.25) is 5.91 Å². The molecule has 2 aliphatic rings. The predicted molar refractivity (Wildman–Crippen MR) is 134 cm³/mol. The van der Waals surface area contributed by atoms with Crippen molar-refractivity contribution in [3.8, 4) is 0 Å². The Morgan fingerprint density at radius 3 is 2.45 bits per heavy atom. The molecular weight excluding hydrogens is 410 g/mol. The number of piperidine rings is 1. The molecule has 2 fully saturated rings. The molecule has 3 aromatic rings. The van der Waals surface area contributed by atoms with E-state index < -0.39 is 0 Å². The van der Waals surface area contributed by atoms with Gasteiger partial charge in [-0.05, 0) is 66.3 Å². The highest BCUT2D eigenvalue weighted by molar-refractivity contribution is 6.07. The van der Waals surface area contributed by atoms with E-state index in [-0.39, 0.29) is 17.7 Å². The van der Waals surface area contributed by atoms with Gasteiger partial charge in [-0.2, -0.15) is 0 Å². The van der Waals surface area contributed by atoms with E-state index in [2.05, 4.69) is 29.3 Å². The highest BCUT2D eigenvalue weighted by Crippen LogP contribution is 2.27. The van der Waals surface area contributed by atoms with Crippen LogP contribution in [0.5, 0.6) is 0 Å². The van der Waals surface area contributed by atoms with Crippen molar-refractivity contribution in [2.75, 3.05) is 36.4 Å². The topological polar surface area (TPSA) is 52.7 Å². The zero-order valence-electron chi connectivity index (χ0n) is 19.2. The molecule has 2 atom stereocenters. The van der Waals surface area contributed by atoms with E-state index in [0.29, 0.717) is 18.7 Å². The summed E-state index contributed by atoms with van der Waals surface area (Å²) in [4.78, 5) is 30.6. The van der Waals surface area contributed by atoms with Crippen molar-refractivity contribution < 1.29 is 9.59 Å². The van der Waals surface area contributed by atoms with E-state index in [1.165, 1.54) is 12.1 Å². The number of anilines is 2. The fourth-order valence-electron chi connectivity index (χ4n) is 5.13. The van der Waals surface area contributed by atoms with Crippen molar-refractivity contribution in [3.63, 3.8) is 0 Å². The molecule has 0 aliphatic carbocycles. The number of carbonyl (C=O) groups is 2. The van der Waals surface area contributed by atoms with Crippen LogP contribution in [0.2, 0.25) is 0 Å². The Hall–Kier alpha value is -3.34. The van der Waals surface area contributed by atoms with Crippen LogP contribution in [0.4, 0.5) is 11.4 Å². The fraction of sp³-hybridized carbons (Fsp3) is 0.357. The van der Waals surface area contributed by atoms with Gasteiger partial charge in [0.15, 0.2) is 0 Å². The van der Waals surface area contributed by atoms with Gasteiger partial charge in [-0.25, -0.2) is 0 Å². The molecule has 0 bridgehead atoms. The van der Waals surface area contributed by atoms with Crippen molar-refractivity contribution in [2.45, 2.75) is 26.2 Å². The summed E-state index contributed by atoms with van der Waals surface area (Å²) < 4.78 is 0. The standard InChI is InChI=1S/C28H31N3O2/c1-20-15-17-30(18-20)24-13-11-23(12-14-24)29-27(32)22-8-5-16-31(19-22)28(33)26-10-4-7-21-6-2-3-9-25(21)26/h2-4,6-7,9-14,20,22H,5,8,15-19H2,1H3,(H,29,32). The Kier molecular flexibility index (Phi) is 6.03. The van der Waals surface area contributed by atoms with Gasteiger partial charge >= 0.3 is 0 Å². The maximum Gasteiger partial charge on any atom is 0.254 e. The first-order chi connectivity index (χ1) is 16.1. The van der Waals surface area contributed by atoms with Gasteiger partial charge in [-0.3, -0.25) is 9.59 Å². The second-order valence-corrected chi connectivity index (χ2v) is 9.49. The van der Waals surface area contributed by atoms with Crippen LogP contribution in [0.1, 0.15) is 36.5 Å². The Morgan fingerprint density at radius 1 is 0.879 bits per heavy atom. The quantitative estimate of drug-likeness (QED) is 0.607. The lowest BCUT2D eigenvalue weighted by molar-refractivity contribution is -0.121. The lowest BCUT2D eigenvalue weighted by Crippen LogP contribution is -2.43. The van der Waals surface area contributed by atoms with Crippen LogP contribution >= 0.6 is 0 Å². The minimum absolute atomic E-state index is 0.00651. The third kappa shape index (κ3) is 4.58. The Labute approximate surface area is 195 Å². The summed E-state index contributed by atoms with van der Waals surface area (Å²) in [7, 11) is 0. The zero-order chi connectivity index (χ0) is 22.8. The van der Waals surface area contributed by atoms with Gasteiger partial charge in [0.25, 0.3) is 5.91 Å². The summed E-state index contributed by atoms with van der Waals surface area (Å²) in [5.41, 5.74) is 2.73. The van der Waals surface area contributed by atoms with E-state index in [0.717, 1.165) is 48.3 Å². The van der Waals surface area contributed by atoms with Crippen molar-refractivity contribution in [1.82, 2.24) is 4.90 Å². The molecule has 2 heterocycles. The molecule has 0 radical (unpaired) electrons. The van der Waals surface area contributed by atoms with E-state index in [1.807, 2.05) is 59.5 Å². The number of carbonyl (C=O) groups excluding carboxylic acids is 2. The van der Waals surface area contributed by atoms with Gasteiger partial charge in [0.05, 0.1) is 5.92 Å². The Bertz CT molecular complexity index is 1150. The van der Waals surface area contributed by atoms with Crippen LogP contribution in [0, 0.1) is 11.8 Å². The second-order valence-electron chi connectivity index (χ2n) is 9.49. The van der Waals surface area contributed by atoms with E-state index >= 15 is 0 Å². The summed E-state index contributed by atoms with van der Waals surface area (Å²) in [6.45, 7) is 5.61. The highest BCUT2D eigenvalue weighted by Gasteiger charge is 2.29. The molecule has 33 heavy (non-hydrogen) atoms. The van der Waals surface area contributed by atoms with Crippen molar-refractivity contribution in [2.24, 2.45) is 11.8 Å².